The van der Waals surface area contributed by atoms with Crippen LogP contribution in [0, 0.1) is 36.4 Å². The van der Waals surface area contributed by atoms with Gasteiger partial charge in [0.2, 0.25) is 11.7 Å². The Hall–Kier alpha value is -4.58. The largest absolute Gasteiger partial charge is 0.487 e. The molecule has 0 radical (unpaired) electrons. The highest BCUT2D eigenvalue weighted by atomic mass is 19.1. The molecule has 2 fully saturated rings. The summed E-state index contributed by atoms with van der Waals surface area (Å²) in [7, 11) is 0. The summed E-state index contributed by atoms with van der Waals surface area (Å²) in [5, 5.41) is 24.8. The Labute approximate surface area is 354 Å². The van der Waals surface area contributed by atoms with E-state index in [9.17, 15) is 19.4 Å². The summed E-state index contributed by atoms with van der Waals surface area (Å²) in [6.45, 7) is 12.8. The number of unbranched alkanes of at least 4 members (excludes halogenated alkanes) is 2. The number of aliphatic hydroxyl groups is 2. The van der Waals surface area contributed by atoms with Crippen molar-refractivity contribution in [1.29, 1.82) is 0 Å². The summed E-state index contributed by atoms with van der Waals surface area (Å²) in [5.41, 5.74) is 4.63. The van der Waals surface area contributed by atoms with E-state index in [2.05, 4.69) is 23.7 Å². The van der Waals surface area contributed by atoms with E-state index in [1.165, 1.54) is 12.1 Å². The van der Waals surface area contributed by atoms with Crippen LogP contribution in [0.2, 0.25) is 0 Å². The molecule has 0 saturated heterocycles. The zero-order valence-electron chi connectivity index (χ0n) is 35.7. The van der Waals surface area contributed by atoms with E-state index in [-0.39, 0.29) is 61.8 Å². The van der Waals surface area contributed by atoms with Crippen molar-refractivity contribution in [2.24, 2.45) is 28.8 Å². The number of aliphatic hydroxyl groups excluding tert-OH is 2. The maximum Gasteiger partial charge on any atom is 0.239 e. The van der Waals surface area contributed by atoms with Crippen LogP contribution in [0.25, 0.3) is 0 Å². The molecule has 7 rings (SSSR count). The van der Waals surface area contributed by atoms with E-state index in [4.69, 9.17) is 24.2 Å². The summed E-state index contributed by atoms with van der Waals surface area (Å²) in [5.74, 6) is -1.000. The van der Waals surface area contributed by atoms with Gasteiger partial charge in [0.25, 0.3) is 0 Å². The molecule has 0 bridgehead atoms. The molecule has 2 heterocycles. The Morgan fingerprint density at radius 3 is 2.48 bits per heavy atom. The lowest BCUT2D eigenvalue weighted by Crippen LogP contribution is -2.70. The average Bonchev–Trinajstić information content (AvgIpc) is 4.08. The van der Waals surface area contributed by atoms with Gasteiger partial charge in [0.05, 0.1) is 23.9 Å². The molecule has 2 saturated carbocycles. The van der Waals surface area contributed by atoms with Crippen LogP contribution in [0.1, 0.15) is 107 Å². The molecule has 4 aliphatic rings. The predicted octanol–water partition coefficient (Wildman–Crippen LogP) is 8.98. The van der Waals surface area contributed by atoms with Crippen LogP contribution in [0.3, 0.4) is 0 Å². The second-order valence-corrected chi connectivity index (χ2v) is 17.9. The summed E-state index contributed by atoms with van der Waals surface area (Å²) >= 11 is 0. The number of ether oxygens (including phenoxy) is 3. The number of allylic oxidation sites excluding steroid dienone is 1. The summed E-state index contributed by atoms with van der Waals surface area (Å²) in [6, 6.07) is 17.5. The minimum atomic E-state index is -1.39. The number of hydrogen-bond acceptors (Lipinski definition) is 9. The van der Waals surface area contributed by atoms with E-state index in [0.29, 0.717) is 37.4 Å². The number of carbonyl (C=O) groups excluding carboxylic acids is 1. The Balaban J connectivity index is 1.44. The van der Waals surface area contributed by atoms with Gasteiger partial charge >= 0.3 is 0 Å². The molecule has 11 heteroatoms. The number of aromatic nitrogens is 1. The SMILES string of the molecule is C=CCO[C@@]12Oc3ccc(OCc4cccc(C)n4)cc3[C@H]3[C@H](CCCCO)[C@@H](CCCCO)C=C(C(=NOC(C)(C)C)C[C@@H]1N(Cc1ccc(F)cc1)C(=O)C1CC1)[C@H]32. The van der Waals surface area contributed by atoms with Gasteiger partial charge in [-0.25, -0.2) is 4.39 Å². The third-order valence-electron chi connectivity index (χ3n) is 12.3. The van der Waals surface area contributed by atoms with Gasteiger partial charge in [-0.05, 0) is 132 Å². The van der Waals surface area contributed by atoms with Crippen molar-refractivity contribution in [2.75, 3.05) is 19.8 Å². The molecule has 10 nitrogen and oxygen atoms in total. The molecule has 322 valence electrons. The molecule has 1 amide bonds. The summed E-state index contributed by atoms with van der Waals surface area (Å²) < 4.78 is 35.2. The number of fused-ring (bicyclic) bond motifs is 2. The fourth-order valence-electron chi connectivity index (χ4n) is 9.46. The number of pyridine rings is 1. The van der Waals surface area contributed by atoms with Gasteiger partial charge in [0.1, 0.15) is 35.6 Å². The first-order chi connectivity index (χ1) is 28.9. The Morgan fingerprint density at radius 1 is 1.05 bits per heavy atom. The lowest BCUT2D eigenvalue weighted by atomic mass is 9.55. The molecule has 0 unspecified atom stereocenters. The fraction of sp³-hybridized carbons (Fsp3) is 0.531. The minimum Gasteiger partial charge on any atom is -0.487 e. The zero-order chi connectivity index (χ0) is 42.4. The van der Waals surface area contributed by atoms with Crippen molar-refractivity contribution >= 4 is 11.6 Å². The van der Waals surface area contributed by atoms with Gasteiger partial charge in [-0.1, -0.05) is 48.3 Å². The number of aryl methyl sites for hydroxylation is 1. The maximum atomic E-state index is 14.7. The normalized spacial score (nSPS) is 25.1. The number of rotatable bonds is 19. The first-order valence-electron chi connectivity index (χ1n) is 21.8. The molecular formula is C49H62FN3O7. The first-order valence-corrected chi connectivity index (χ1v) is 21.8. The van der Waals surface area contributed by atoms with Gasteiger partial charge in [-0.3, -0.25) is 9.78 Å². The summed E-state index contributed by atoms with van der Waals surface area (Å²) in [6.07, 6.45) is 10.6. The van der Waals surface area contributed by atoms with Crippen molar-refractivity contribution in [3.63, 3.8) is 0 Å². The molecule has 6 atom stereocenters. The van der Waals surface area contributed by atoms with Crippen LogP contribution >= 0.6 is 0 Å². The average molecular weight is 824 g/mol. The second kappa shape index (κ2) is 19.0. The number of amides is 1. The monoisotopic (exact) mass is 823 g/mol. The molecule has 3 aromatic rings. The first kappa shape index (κ1) is 43.5. The number of carbonyl (C=O) groups is 1. The topological polar surface area (TPSA) is 123 Å². The molecule has 60 heavy (non-hydrogen) atoms. The third-order valence-corrected chi connectivity index (χ3v) is 12.3. The minimum absolute atomic E-state index is 0.00561. The van der Waals surface area contributed by atoms with Crippen molar-refractivity contribution in [2.45, 2.75) is 122 Å². The van der Waals surface area contributed by atoms with E-state index < -0.39 is 23.3 Å². The Kier molecular flexibility index (Phi) is 13.8. The van der Waals surface area contributed by atoms with Crippen molar-refractivity contribution in [3.05, 3.63) is 113 Å². The van der Waals surface area contributed by atoms with Crippen LogP contribution in [0.5, 0.6) is 11.5 Å². The van der Waals surface area contributed by atoms with Crippen molar-refractivity contribution < 1.29 is 38.4 Å². The van der Waals surface area contributed by atoms with E-state index in [1.54, 1.807) is 18.2 Å². The molecule has 1 aromatic heterocycles. The molecule has 2 aromatic carbocycles. The number of hydrogen-bond donors (Lipinski definition) is 2. The van der Waals surface area contributed by atoms with Gasteiger partial charge in [-0.2, -0.15) is 0 Å². The van der Waals surface area contributed by atoms with Crippen LogP contribution < -0.4 is 9.47 Å². The van der Waals surface area contributed by atoms with Crippen molar-refractivity contribution in [1.82, 2.24) is 9.88 Å². The van der Waals surface area contributed by atoms with E-state index in [0.717, 1.165) is 72.3 Å². The Morgan fingerprint density at radius 2 is 1.80 bits per heavy atom. The highest BCUT2D eigenvalue weighted by Gasteiger charge is 2.66. The van der Waals surface area contributed by atoms with E-state index >= 15 is 0 Å². The second-order valence-electron chi connectivity index (χ2n) is 17.9. The number of nitrogens with zero attached hydrogens (tertiary/aromatic N) is 3. The van der Waals surface area contributed by atoms with E-state index in [1.807, 2.05) is 62.9 Å². The Bertz CT molecular complexity index is 2030. The van der Waals surface area contributed by atoms with Gasteiger partial charge < -0.3 is 34.2 Å². The van der Waals surface area contributed by atoms with Gasteiger partial charge in [0.15, 0.2) is 0 Å². The standard InChI is InChI=1S/C49H62FN3O7/c1-6-26-58-49-44(53(47(56)34-18-19-34)30-33-16-20-36(50)21-17-33)29-42(52-60-48(3,4)5)40-27-35(13-7-9-24-54)39(15-8-10-25-55)45(46(40)49)41-28-38(22-23-43(41)59-49)57-31-37-14-11-12-32(2)51-37/h6,11-12,14,16-17,20-23,27-28,34-35,39,44-46,54-55H,1,7-10,13,15,18-19,24-26,29-31H2,2-5H3/t35-,39+,44-,45+,46+,49+/m0/s1. The van der Waals surface area contributed by atoms with Crippen LogP contribution in [0.4, 0.5) is 4.39 Å². The van der Waals surface area contributed by atoms with Gasteiger partial charge in [0, 0.05) is 49.3 Å². The lowest BCUT2D eigenvalue weighted by molar-refractivity contribution is -0.258. The highest BCUT2D eigenvalue weighted by Crippen LogP contribution is 2.62. The molecular weight excluding hydrogens is 762 g/mol. The maximum absolute atomic E-state index is 14.7. The van der Waals surface area contributed by atoms with Crippen LogP contribution in [-0.4, -0.2) is 69.0 Å². The molecule has 2 N–H and O–H groups in total. The highest BCUT2D eigenvalue weighted by molar-refractivity contribution is 6.03. The van der Waals surface area contributed by atoms with Crippen LogP contribution in [-0.2, 0) is 27.5 Å². The predicted molar refractivity (Wildman–Crippen MR) is 229 cm³/mol. The van der Waals surface area contributed by atoms with Crippen molar-refractivity contribution in [3.8, 4) is 11.5 Å². The third kappa shape index (κ3) is 9.79. The number of benzene rings is 2. The number of halogens is 1. The van der Waals surface area contributed by atoms with Gasteiger partial charge in [-0.15, -0.1) is 6.58 Å². The fourth-order valence-corrected chi connectivity index (χ4v) is 9.46. The zero-order valence-corrected chi connectivity index (χ0v) is 35.7. The number of oxime groups is 1. The summed E-state index contributed by atoms with van der Waals surface area (Å²) in [4.78, 5) is 27.6. The molecule has 3 aliphatic carbocycles. The molecule has 1 aliphatic heterocycles. The molecule has 0 spiro atoms. The van der Waals surface area contributed by atoms with Crippen LogP contribution in [0.15, 0.2) is 90.1 Å². The quantitative estimate of drug-likeness (QED) is 0.0698. The smallest absolute Gasteiger partial charge is 0.239 e. The lowest BCUT2D eigenvalue weighted by Gasteiger charge is -2.60.